The fourth-order valence-corrected chi connectivity index (χ4v) is 2.90. The van der Waals surface area contributed by atoms with Gasteiger partial charge in [-0.05, 0) is 66.8 Å². The Balaban J connectivity index is 1.60. The van der Waals surface area contributed by atoms with Crippen LogP contribution in [-0.4, -0.2) is 11.0 Å². The van der Waals surface area contributed by atoms with Crippen LogP contribution >= 0.6 is 35.4 Å². The van der Waals surface area contributed by atoms with Crippen molar-refractivity contribution in [2.45, 2.75) is 0 Å². The summed E-state index contributed by atoms with van der Waals surface area (Å²) in [5, 5.41) is 6.18. The van der Waals surface area contributed by atoms with Crippen LogP contribution in [0.2, 0.25) is 10.0 Å². The number of thiocarbonyl (C=S) groups is 1. The lowest BCUT2D eigenvalue weighted by molar-refractivity contribution is -0.115. The third kappa shape index (κ3) is 5.19. The number of amides is 1. The zero-order valence-electron chi connectivity index (χ0n) is 14.2. The second-order valence-electron chi connectivity index (χ2n) is 5.59. The van der Waals surface area contributed by atoms with Crippen molar-refractivity contribution in [3.8, 4) is 11.3 Å². The van der Waals surface area contributed by atoms with Gasteiger partial charge in [0.1, 0.15) is 17.3 Å². The molecule has 2 N–H and O–H groups in total. The molecular weight excluding hydrogens is 422 g/mol. The lowest BCUT2D eigenvalue weighted by Gasteiger charge is -2.07. The summed E-state index contributed by atoms with van der Waals surface area (Å²) in [6.07, 6.45) is 2.78. The molecule has 8 heteroatoms. The van der Waals surface area contributed by atoms with Crippen LogP contribution in [-0.2, 0) is 4.79 Å². The van der Waals surface area contributed by atoms with Crippen molar-refractivity contribution in [2.75, 3.05) is 5.32 Å². The summed E-state index contributed by atoms with van der Waals surface area (Å²) in [6, 6.07) is 14.3. The number of hydrogen-bond donors (Lipinski definition) is 2. The summed E-state index contributed by atoms with van der Waals surface area (Å²) in [4.78, 5) is 12.0. The Kier molecular flexibility index (Phi) is 6.46. The monoisotopic (exact) mass is 434 g/mol. The van der Waals surface area contributed by atoms with E-state index >= 15 is 0 Å². The summed E-state index contributed by atoms with van der Waals surface area (Å²) in [7, 11) is 0. The lowest BCUT2D eigenvalue weighted by Crippen LogP contribution is -2.32. The summed E-state index contributed by atoms with van der Waals surface area (Å²) in [6.45, 7) is 0. The molecule has 3 aromatic rings. The van der Waals surface area contributed by atoms with E-state index in [0.717, 1.165) is 0 Å². The van der Waals surface area contributed by atoms with Crippen molar-refractivity contribution in [3.05, 3.63) is 82.3 Å². The smallest absolute Gasteiger partial charge is 0.250 e. The van der Waals surface area contributed by atoms with Crippen LogP contribution in [0.5, 0.6) is 0 Å². The van der Waals surface area contributed by atoms with E-state index in [1.165, 1.54) is 36.4 Å². The van der Waals surface area contributed by atoms with Gasteiger partial charge in [-0.1, -0.05) is 29.3 Å². The highest BCUT2D eigenvalue weighted by Gasteiger charge is 2.10. The predicted octanol–water partition coefficient (Wildman–Crippen LogP) is 5.92. The van der Waals surface area contributed by atoms with Gasteiger partial charge in [0.2, 0.25) is 5.91 Å². The van der Waals surface area contributed by atoms with Crippen molar-refractivity contribution in [1.29, 1.82) is 0 Å². The Morgan fingerprint density at radius 1 is 1.07 bits per heavy atom. The van der Waals surface area contributed by atoms with Crippen LogP contribution in [0, 0.1) is 5.82 Å². The van der Waals surface area contributed by atoms with E-state index in [4.69, 9.17) is 39.8 Å². The maximum atomic E-state index is 12.9. The molecule has 1 heterocycles. The zero-order valence-corrected chi connectivity index (χ0v) is 16.5. The number of furan rings is 1. The van der Waals surface area contributed by atoms with E-state index in [2.05, 4.69) is 10.6 Å². The highest BCUT2D eigenvalue weighted by atomic mass is 35.5. The molecule has 3 rings (SSSR count). The molecule has 0 saturated carbocycles. The van der Waals surface area contributed by atoms with E-state index in [0.29, 0.717) is 32.8 Å². The average molecular weight is 435 g/mol. The van der Waals surface area contributed by atoms with Gasteiger partial charge in [-0.3, -0.25) is 10.1 Å². The Morgan fingerprint density at radius 2 is 1.82 bits per heavy atom. The number of benzene rings is 2. The fraction of sp³-hybridized carbons (Fsp3) is 0. The second-order valence-corrected chi connectivity index (χ2v) is 6.78. The third-order valence-electron chi connectivity index (χ3n) is 3.58. The third-order valence-corrected chi connectivity index (χ3v) is 4.60. The molecule has 0 aliphatic carbocycles. The quantitative estimate of drug-likeness (QED) is 0.395. The normalized spacial score (nSPS) is 10.8. The number of rotatable bonds is 4. The average Bonchev–Trinajstić information content (AvgIpc) is 3.13. The van der Waals surface area contributed by atoms with Gasteiger partial charge in [-0.15, -0.1) is 0 Å². The van der Waals surface area contributed by atoms with Crippen molar-refractivity contribution >= 4 is 58.2 Å². The maximum absolute atomic E-state index is 12.9. The Labute approximate surface area is 176 Å². The minimum Gasteiger partial charge on any atom is -0.457 e. The Hall–Kier alpha value is -2.67. The standard InChI is InChI=1S/C20H13Cl2FN2O2S/c21-16-3-1-2-15(19(16)22)17-10-8-14(27-17)9-11-18(26)25-20(28)24-13-6-4-12(23)5-7-13/h1-11H,(H2,24,25,26,28). The molecule has 28 heavy (non-hydrogen) atoms. The topological polar surface area (TPSA) is 54.3 Å². The van der Waals surface area contributed by atoms with Crippen LogP contribution in [0.3, 0.4) is 0 Å². The first-order valence-electron chi connectivity index (χ1n) is 8.02. The van der Waals surface area contributed by atoms with Crippen LogP contribution in [0.4, 0.5) is 10.1 Å². The molecule has 0 aliphatic heterocycles. The Bertz CT molecular complexity index is 1050. The minimum atomic E-state index is -0.446. The first kappa shape index (κ1) is 20.1. The number of nitrogens with one attached hydrogen (secondary N) is 2. The highest BCUT2D eigenvalue weighted by molar-refractivity contribution is 7.80. The molecule has 0 unspecified atom stereocenters. The van der Waals surface area contributed by atoms with Crippen LogP contribution < -0.4 is 10.6 Å². The van der Waals surface area contributed by atoms with E-state index in [-0.39, 0.29) is 10.9 Å². The molecule has 142 valence electrons. The summed E-state index contributed by atoms with van der Waals surface area (Å²) in [5.41, 5.74) is 1.22. The van der Waals surface area contributed by atoms with E-state index in [1.807, 2.05) is 0 Å². The molecule has 4 nitrogen and oxygen atoms in total. The van der Waals surface area contributed by atoms with Gasteiger partial charge in [-0.2, -0.15) is 0 Å². The summed E-state index contributed by atoms with van der Waals surface area (Å²) in [5.74, 6) is 0.179. The Morgan fingerprint density at radius 3 is 2.57 bits per heavy atom. The molecule has 2 aromatic carbocycles. The van der Waals surface area contributed by atoms with Gasteiger partial charge >= 0.3 is 0 Å². The van der Waals surface area contributed by atoms with Gasteiger partial charge in [0, 0.05) is 17.3 Å². The van der Waals surface area contributed by atoms with E-state index in [9.17, 15) is 9.18 Å². The van der Waals surface area contributed by atoms with Gasteiger partial charge in [0.15, 0.2) is 5.11 Å². The zero-order chi connectivity index (χ0) is 20.1. The molecule has 0 saturated heterocycles. The van der Waals surface area contributed by atoms with Crippen molar-refractivity contribution < 1.29 is 13.6 Å². The SMILES string of the molecule is O=C(C=Cc1ccc(-c2cccc(Cl)c2Cl)o1)NC(=S)Nc1ccc(F)cc1. The molecule has 0 radical (unpaired) electrons. The van der Waals surface area contributed by atoms with Crippen LogP contribution in [0.1, 0.15) is 5.76 Å². The largest absolute Gasteiger partial charge is 0.457 e. The lowest BCUT2D eigenvalue weighted by atomic mass is 10.2. The molecule has 0 fully saturated rings. The molecular formula is C20H13Cl2FN2O2S. The molecule has 0 spiro atoms. The number of anilines is 1. The summed E-state index contributed by atoms with van der Waals surface area (Å²) >= 11 is 17.2. The molecule has 0 aliphatic rings. The molecule has 0 bridgehead atoms. The first-order chi connectivity index (χ1) is 13.4. The van der Waals surface area contributed by atoms with Gasteiger partial charge < -0.3 is 9.73 Å². The van der Waals surface area contributed by atoms with Crippen molar-refractivity contribution in [1.82, 2.24) is 5.32 Å². The summed E-state index contributed by atoms with van der Waals surface area (Å²) < 4.78 is 18.6. The van der Waals surface area contributed by atoms with E-state index < -0.39 is 5.91 Å². The predicted molar refractivity (Wildman–Crippen MR) is 114 cm³/mol. The van der Waals surface area contributed by atoms with Gasteiger partial charge in [-0.25, -0.2) is 4.39 Å². The molecule has 1 aromatic heterocycles. The number of carbonyl (C=O) groups is 1. The van der Waals surface area contributed by atoms with Crippen molar-refractivity contribution in [2.24, 2.45) is 0 Å². The highest BCUT2D eigenvalue weighted by Crippen LogP contribution is 2.34. The minimum absolute atomic E-state index is 0.0899. The van der Waals surface area contributed by atoms with Gasteiger partial charge in [0.25, 0.3) is 0 Å². The molecule has 1 amide bonds. The van der Waals surface area contributed by atoms with E-state index in [1.54, 1.807) is 30.3 Å². The number of carbonyl (C=O) groups excluding carboxylic acids is 1. The molecule has 0 atom stereocenters. The fourth-order valence-electron chi connectivity index (χ4n) is 2.29. The second kappa shape index (κ2) is 9.01. The maximum Gasteiger partial charge on any atom is 0.250 e. The van der Waals surface area contributed by atoms with Crippen LogP contribution in [0.15, 0.2) is 65.1 Å². The first-order valence-corrected chi connectivity index (χ1v) is 9.18. The number of hydrogen-bond acceptors (Lipinski definition) is 3. The van der Waals surface area contributed by atoms with Crippen molar-refractivity contribution in [3.63, 3.8) is 0 Å². The van der Waals surface area contributed by atoms with Crippen LogP contribution in [0.25, 0.3) is 17.4 Å². The number of halogens is 3. The van der Waals surface area contributed by atoms with Gasteiger partial charge in [0.05, 0.1) is 10.0 Å².